The summed E-state index contributed by atoms with van der Waals surface area (Å²) in [6.45, 7) is 2.50. The number of aryl methyl sites for hydroxylation is 1. The Morgan fingerprint density at radius 2 is 1.65 bits per heavy atom. The summed E-state index contributed by atoms with van der Waals surface area (Å²) in [5, 5.41) is 9.42. The fourth-order valence-corrected chi connectivity index (χ4v) is 2.97. The minimum absolute atomic E-state index is 0.0207. The Morgan fingerprint density at radius 1 is 0.935 bits per heavy atom. The van der Waals surface area contributed by atoms with Gasteiger partial charge in [-0.3, -0.25) is 14.4 Å². The van der Waals surface area contributed by atoms with Gasteiger partial charge in [-0.1, -0.05) is 17.7 Å². The van der Waals surface area contributed by atoms with Gasteiger partial charge in [-0.05, 0) is 37.3 Å². The number of fused-ring (bicyclic) bond motifs is 1. The largest absolute Gasteiger partial charge is 0.486 e. The topological polar surface area (TPSA) is 112 Å². The number of benzene rings is 2. The maximum absolute atomic E-state index is 12.5. The first kappa shape index (κ1) is 20.1. The summed E-state index contributed by atoms with van der Waals surface area (Å²) >= 11 is 0. The van der Waals surface area contributed by atoms with Crippen LogP contribution in [0.3, 0.4) is 0 Å². The van der Waals surface area contributed by atoms with E-state index in [4.69, 9.17) is 9.47 Å². The number of amides is 2. The molecular weight excluding hydrogens is 400 g/mol. The lowest BCUT2D eigenvalue weighted by Gasteiger charge is -2.19. The van der Waals surface area contributed by atoms with Gasteiger partial charge < -0.3 is 20.1 Å². The lowest BCUT2D eigenvalue weighted by molar-refractivity contribution is -0.117. The third-order valence-electron chi connectivity index (χ3n) is 4.53. The molecule has 158 valence electrons. The van der Waals surface area contributed by atoms with Gasteiger partial charge in [0.1, 0.15) is 25.5 Å². The molecule has 2 N–H and O–H groups in total. The first-order valence-electron chi connectivity index (χ1n) is 9.64. The summed E-state index contributed by atoms with van der Waals surface area (Å²) in [4.78, 5) is 37.0. The molecule has 0 fully saturated rings. The molecule has 0 unspecified atom stereocenters. The Balaban J connectivity index is 1.44. The van der Waals surface area contributed by atoms with Crippen LogP contribution >= 0.6 is 0 Å². The van der Waals surface area contributed by atoms with Crippen molar-refractivity contribution >= 4 is 23.2 Å². The molecule has 0 bridgehead atoms. The molecule has 1 aromatic heterocycles. The number of anilines is 2. The minimum Gasteiger partial charge on any atom is -0.486 e. The second kappa shape index (κ2) is 8.70. The summed E-state index contributed by atoms with van der Waals surface area (Å²) in [5.41, 5.74) is 1.69. The van der Waals surface area contributed by atoms with Crippen LogP contribution in [0.5, 0.6) is 11.5 Å². The summed E-state index contributed by atoms with van der Waals surface area (Å²) in [5.74, 6) is 0.191. The van der Waals surface area contributed by atoms with Crippen molar-refractivity contribution in [2.24, 2.45) is 0 Å². The SMILES string of the molecule is Cc1ccc(NC(=O)c2ccc(=O)n(CC(=O)Nc3ccc4c(c3)OCCO4)n2)cc1. The number of carbonyl (C=O) groups is 2. The van der Waals surface area contributed by atoms with Gasteiger partial charge in [0.15, 0.2) is 11.5 Å². The number of nitrogens with one attached hydrogen (secondary N) is 2. The quantitative estimate of drug-likeness (QED) is 0.655. The summed E-state index contributed by atoms with van der Waals surface area (Å²) in [7, 11) is 0. The van der Waals surface area contributed by atoms with Crippen LogP contribution in [0.2, 0.25) is 0 Å². The molecule has 1 aliphatic rings. The molecule has 0 aliphatic carbocycles. The maximum atomic E-state index is 12.5. The Bertz CT molecular complexity index is 1190. The first-order chi connectivity index (χ1) is 15.0. The zero-order valence-corrected chi connectivity index (χ0v) is 16.8. The van der Waals surface area contributed by atoms with Gasteiger partial charge in [0.05, 0.1) is 0 Å². The standard InChI is InChI=1S/C22H20N4O5/c1-14-2-4-15(5-3-14)24-22(29)17-7-9-21(28)26(25-17)13-20(27)23-16-6-8-18-19(12-16)31-11-10-30-18/h2-9,12H,10-11,13H2,1H3,(H,23,27)(H,24,29). The molecule has 2 heterocycles. The predicted octanol–water partition coefficient (Wildman–Crippen LogP) is 2.21. The molecule has 2 aromatic carbocycles. The van der Waals surface area contributed by atoms with Gasteiger partial charge in [-0.15, -0.1) is 0 Å². The zero-order chi connectivity index (χ0) is 21.8. The molecule has 0 saturated heterocycles. The normalized spacial score (nSPS) is 12.2. The predicted molar refractivity (Wildman–Crippen MR) is 114 cm³/mol. The highest BCUT2D eigenvalue weighted by Crippen LogP contribution is 2.32. The van der Waals surface area contributed by atoms with Gasteiger partial charge in [0.2, 0.25) is 5.91 Å². The van der Waals surface area contributed by atoms with Crippen molar-refractivity contribution < 1.29 is 19.1 Å². The second-order valence-electron chi connectivity index (χ2n) is 6.94. The van der Waals surface area contributed by atoms with Gasteiger partial charge in [0, 0.05) is 23.5 Å². The fraction of sp³-hybridized carbons (Fsp3) is 0.182. The van der Waals surface area contributed by atoms with E-state index in [1.807, 2.05) is 19.1 Å². The monoisotopic (exact) mass is 420 g/mol. The number of carbonyl (C=O) groups excluding carboxylic acids is 2. The number of nitrogens with zero attached hydrogens (tertiary/aromatic N) is 2. The smallest absolute Gasteiger partial charge is 0.276 e. The van der Waals surface area contributed by atoms with Crippen molar-refractivity contribution in [2.45, 2.75) is 13.5 Å². The molecule has 9 heteroatoms. The van der Waals surface area contributed by atoms with Crippen LogP contribution < -0.4 is 25.7 Å². The lowest BCUT2D eigenvalue weighted by atomic mass is 10.2. The molecule has 9 nitrogen and oxygen atoms in total. The minimum atomic E-state index is -0.496. The molecule has 3 aromatic rings. The molecule has 0 saturated carbocycles. The van der Waals surface area contributed by atoms with Gasteiger partial charge in [-0.2, -0.15) is 5.10 Å². The van der Waals surface area contributed by atoms with Crippen molar-refractivity contribution in [3.63, 3.8) is 0 Å². The molecule has 0 radical (unpaired) electrons. The fourth-order valence-electron chi connectivity index (χ4n) is 2.97. The highest BCUT2D eigenvalue weighted by Gasteiger charge is 2.15. The summed E-state index contributed by atoms with van der Waals surface area (Å²) in [6, 6.07) is 14.8. The number of hydrogen-bond acceptors (Lipinski definition) is 6. The van der Waals surface area contributed by atoms with E-state index in [0.29, 0.717) is 36.1 Å². The van der Waals surface area contributed by atoms with Gasteiger partial charge in [0.25, 0.3) is 11.5 Å². The third kappa shape index (κ3) is 4.89. The molecule has 1 aliphatic heterocycles. The van der Waals surface area contributed by atoms with E-state index in [1.165, 1.54) is 12.1 Å². The van der Waals surface area contributed by atoms with E-state index in [9.17, 15) is 14.4 Å². The average molecular weight is 420 g/mol. The van der Waals surface area contributed by atoms with Crippen LogP contribution in [0, 0.1) is 6.92 Å². The lowest BCUT2D eigenvalue weighted by Crippen LogP contribution is -2.31. The highest BCUT2D eigenvalue weighted by atomic mass is 16.6. The average Bonchev–Trinajstić information content (AvgIpc) is 2.76. The van der Waals surface area contributed by atoms with Crippen molar-refractivity contribution in [1.82, 2.24) is 9.78 Å². The Kier molecular flexibility index (Phi) is 5.65. The van der Waals surface area contributed by atoms with Crippen LogP contribution in [-0.4, -0.2) is 34.8 Å². The number of aromatic nitrogens is 2. The van der Waals surface area contributed by atoms with Gasteiger partial charge in [-0.25, -0.2) is 4.68 Å². The van der Waals surface area contributed by atoms with E-state index >= 15 is 0 Å². The molecule has 4 rings (SSSR count). The maximum Gasteiger partial charge on any atom is 0.276 e. The van der Waals surface area contributed by atoms with E-state index in [2.05, 4.69) is 15.7 Å². The Hall–Kier alpha value is -4.14. The third-order valence-corrected chi connectivity index (χ3v) is 4.53. The second-order valence-corrected chi connectivity index (χ2v) is 6.94. The van der Waals surface area contributed by atoms with Crippen LogP contribution in [0.4, 0.5) is 11.4 Å². The van der Waals surface area contributed by atoms with E-state index < -0.39 is 17.4 Å². The van der Waals surface area contributed by atoms with Crippen LogP contribution in [0.25, 0.3) is 0 Å². The van der Waals surface area contributed by atoms with Crippen LogP contribution in [0.1, 0.15) is 16.1 Å². The van der Waals surface area contributed by atoms with Crippen molar-refractivity contribution in [3.05, 3.63) is 76.2 Å². The molecular formula is C22H20N4O5. The van der Waals surface area contributed by atoms with Crippen molar-refractivity contribution in [1.29, 1.82) is 0 Å². The zero-order valence-electron chi connectivity index (χ0n) is 16.8. The number of ether oxygens (including phenoxy) is 2. The van der Waals surface area contributed by atoms with Crippen LogP contribution in [-0.2, 0) is 11.3 Å². The van der Waals surface area contributed by atoms with E-state index in [0.717, 1.165) is 10.2 Å². The highest BCUT2D eigenvalue weighted by molar-refractivity contribution is 6.02. The molecule has 0 spiro atoms. The molecule has 0 atom stereocenters. The molecule has 2 amide bonds. The van der Waals surface area contributed by atoms with Gasteiger partial charge >= 0.3 is 0 Å². The summed E-state index contributed by atoms with van der Waals surface area (Å²) in [6.07, 6.45) is 0. The van der Waals surface area contributed by atoms with Crippen LogP contribution in [0.15, 0.2) is 59.4 Å². The first-order valence-corrected chi connectivity index (χ1v) is 9.64. The Morgan fingerprint density at radius 3 is 2.42 bits per heavy atom. The van der Waals surface area contributed by atoms with Crippen molar-refractivity contribution in [3.8, 4) is 11.5 Å². The molecule has 31 heavy (non-hydrogen) atoms. The van der Waals surface area contributed by atoms with Crippen molar-refractivity contribution in [2.75, 3.05) is 23.8 Å². The Labute approximate surface area is 177 Å². The summed E-state index contributed by atoms with van der Waals surface area (Å²) < 4.78 is 11.9. The number of rotatable bonds is 5. The van der Waals surface area contributed by atoms with E-state index in [-0.39, 0.29) is 12.2 Å². The number of hydrogen-bond donors (Lipinski definition) is 2. The van der Waals surface area contributed by atoms with E-state index in [1.54, 1.807) is 30.3 Å².